The van der Waals surface area contributed by atoms with E-state index in [-0.39, 0.29) is 0 Å². The van der Waals surface area contributed by atoms with Crippen molar-refractivity contribution >= 4 is 14.4 Å². The number of rotatable bonds is 1. The SMILES string of the molecule is CN(C)C.O=[C]=[Mn](=[C]=O)(=[C]=O)[C]1=CC=CC1. The minimum atomic E-state index is -3.42. The van der Waals surface area contributed by atoms with Gasteiger partial charge in [0.15, 0.2) is 0 Å². The Kier molecular flexibility index (Phi) is 6.48. The van der Waals surface area contributed by atoms with Gasteiger partial charge in [-0.25, -0.2) is 0 Å². The topological polar surface area (TPSA) is 54.5 Å². The van der Waals surface area contributed by atoms with Crippen LogP contribution in [0.3, 0.4) is 0 Å². The normalized spacial score (nSPS) is 13.1. The summed E-state index contributed by atoms with van der Waals surface area (Å²) in [5.41, 5.74) is 0. The molecule has 88 valence electrons. The van der Waals surface area contributed by atoms with Crippen molar-refractivity contribution in [2.24, 2.45) is 0 Å². The molecule has 0 fully saturated rings. The molecular weight excluding hydrogens is 249 g/mol. The van der Waals surface area contributed by atoms with Crippen molar-refractivity contribution in [1.29, 1.82) is 0 Å². The van der Waals surface area contributed by atoms with Gasteiger partial charge in [-0.05, 0) is 21.1 Å². The zero-order valence-corrected chi connectivity index (χ0v) is 10.7. The Morgan fingerprint density at radius 2 is 1.56 bits per heavy atom. The van der Waals surface area contributed by atoms with Gasteiger partial charge in [0.2, 0.25) is 0 Å². The Morgan fingerprint density at radius 1 is 1.12 bits per heavy atom. The van der Waals surface area contributed by atoms with Crippen LogP contribution in [0, 0.1) is 0 Å². The van der Waals surface area contributed by atoms with E-state index in [2.05, 4.69) is 0 Å². The second-order valence-electron chi connectivity index (χ2n) is 3.39. The molecule has 16 heavy (non-hydrogen) atoms. The average Bonchev–Trinajstić information content (AvgIpc) is 2.74. The Labute approximate surface area is 95.7 Å². The first-order valence-electron chi connectivity index (χ1n) is 4.43. The fourth-order valence-electron chi connectivity index (χ4n) is 0.827. The summed E-state index contributed by atoms with van der Waals surface area (Å²) in [5, 5.41) is 0. The standard InChI is InChI=1S/C5H5.C3H9N.3CO.Mn/c1-2-4-5-3-1;1-4(2)3;3*1-2;/h1-3H,4H2;1-3H3;;;;. The van der Waals surface area contributed by atoms with E-state index in [0.29, 0.717) is 10.9 Å². The summed E-state index contributed by atoms with van der Waals surface area (Å²) in [6, 6.07) is 0. The Hall–Kier alpha value is -1.30. The number of allylic oxidation sites excluding steroid dienone is 4. The van der Waals surface area contributed by atoms with Gasteiger partial charge >= 0.3 is 69.4 Å². The fraction of sp³-hybridized carbons (Fsp3) is 0.364. The molecule has 0 atom stereocenters. The summed E-state index contributed by atoms with van der Waals surface area (Å²) >= 11 is -3.42. The van der Waals surface area contributed by atoms with Gasteiger partial charge in [0, 0.05) is 0 Å². The van der Waals surface area contributed by atoms with Crippen LogP contribution >= 0.6 is 0 Å². The van der Waals surface area contributed by atoms with E-state index in [1.54, 1.807) is 18.2 Å². The summed E-state index contributed by atoms with van der Waals surface area (Å²) in [6.45, 7) is 0. The third-order valence-electron chi connectivity index (χ3n) is 1.44. The van der Waals surface area contributed by atoms with Crippen LogP contribution in [0.25, 0.3) is 0 Å². The second-order valence-corrected chi connectivity index (χ2v) is 6.64. The fourth-order valence-corrected chi connectivity index (χ4v) is 2.35. The summed E-state index contributed by atoms with van der Waals surface area (Å²) in [7, 11) is 6.00. The summed E-state index contributed by atoms with van der Waals surface area (Å²) in [5.74, 6) is 0. The van der Waals surface area contributed by atoms with E-state index in [4.69, 9.17) is 0 Å². The van der Waals surface area contributed by atoms with Crippen molar-refractivity contribution in [2.45, 2.75) is 6.42 Å². The number of hydrogen-bond donors (Lipinski definition) is 0. The zero-order chi connectivity index (χ0) is 12.6. The molecule has 0 heterocycles. The molecule has 0 radical (unpaired) electrons. The first-order valence-corrected chi connectivity index (χ1v) is 6.79. The molecule has 4 nitrogen and oxygen atoms in total. The van der Waals surface area contributed by atoms with Crippen LogP contribution in [0.5, 0.6) is 0 Å². The van der Waals surface area contributed by atoms with Gasteiger partial charge in [-0.2, -0.15) is 0 Å². The third kappa shape index (κ3) is 4.06. The van der Waals surface area contributed by atoms with E-state index in [1.807, 2.05) is 26.0 Å². The van der Waals surface area contributed by atoms with Crippen LogP contribution in [-0.2, 0) is 25.9 Å². The van der Waals surface area contributed by atoms with E-state index < -0.39 is 11.5 Å². The van der Waals surface area contributed by atoms with Crippen LogP contribution in [0.4, 0.5) is 0 Å². The molecule has 0 N–H and O–H groups in total. The zero-order valence-electron chi connectivity index (χ0n) is 9.49. The monoisotopic (exact) mass is 263 g/mol. The minimum absolute atomic E-state index is 0.465. The molecule has 0 aromatic carbocycles. The molecule has 0 saturated heterocycles. The van der Waals surface area contributed by atoms with E-state index in [9.17, 15) is 14.4 Å². The molecule has 0 spiro atoms. The molecule has 0 aliphatic heterocycles. The number of hydrogen-bond acceptors (Lipinski definition) is 4. The van der Waals surface area contributed by atoms with Crippen LogP contribution in [0.2, 0.25) is 0 Å². The summed E-state index contributed by atoms with van der Waals surface area (Å²) in [6.07, 6.45) is 5.52. The molecule has 0 amide bonds. The quantitative estimate of drug-likeness (QED) is 0.641. The first kappa shape index (κ1) is 14.7. The molecular formula is C11H14MnNO3. The molecule has 5 heteroatoms. The van der Waals surface area contributed by atoms with Gasteiger partial charge in [-0.15, -0.1) is 0 Å². The molecule has 0 aromatic heterocycles. The Balaban J connectivity index is 0.000000487. The Morgan fingerprint density at radius 3 is 1.81 bits per heavy atom. The van der Waals surface area contributed by atoms with Crippen molar-refractivity contribution in [3.63, 3.8) is 0 Å². The average molecular weight is 263 g/mol. The molecule has 0 bridgehead atoms. The van der Waals surface area contributed by atoms with Crippen LogP contribution < -0.4 is 0 Å². The van der Waals surface area contributed by atoms with Crippen LogP contribution in [0.1, 0.15) is 6.42 Å². The predicted octanol–water partition coefficient (Wildman–Crippen LogP) is 0.364. The molecule has 0 unspecified atom stereocenters. The second kappa shape index (κ2) is 7.05. The molecule has 1 aliphatic rings. The first-order chi connectivity index (χ1) is 7.52. The van der Waals surface area contributed by atoms with Crippen molar-refractivity contribution in [2.75, 3.05) is 21.1 Å². The van der Waals surface area contributed by atoms with Crippen molar-refractivity contribution in [3.8, 4) is 0 Å². The van der Waals surface area contributed by atoms with Gasteiger partial charge in [0.05, 0.1) is 0 Å². The maximum absolute atomic E-state index is 10.4. The van der Waals surface area contributed by atoms with E-state index >= 15 is 0 Å². The Bertz CT molecular complexity index is 503. The number of carbonyl (C=O) groups excluding carboxylic acids is 3. The van der Waals surface area contributed by atoms with Crippen LogP contribution in [-0.4, -0.2) is 40.4 Å². The third-order valence-corrected chi connectivity index (χ3v) is 4.10. The molecule has 1 aliphatic carbocycles. The molecule has 0 saturated carbocycles. The van der Waals surface area contributed by atoms with Crippen LogP contribution in [0.15, 0.2) is 22.7 Å². The van der Waals surface area contributed by atoms with Gasteiger partial charge in [-0.1, -0.05) is 0 Å². The molecule has 0 aromatic rings. The van der Waals surface area contributed by atoms with E-state index in [1.165, 1.54) is 14.4 Å². The summed E-state index contributed by atoms with van der Waals surface area (Å²) < 4.78 is 0.518. The van der Waals surface area contributed by atoms with Gasteiger partial charge in [-0.3, -0.25) is 0 Å². The van der Waals surface area contributed by atoms with Crippen molar-refractivity contribution in [1.82, 2.24) is 4.90 Å². The summed E-state index contributed by atoms with van der Waals surface area (Å²) in [4.78, 5) is 37.7. The molecule has 1 rings (SSSR count). The number of nitrogens with zero attached hydrogens (tertiary/aromatic N) is 1. The van der Waals surface area contributed by atoms with Crippen molar-refractivity contribution in [3.05, 3.63) is 22.7 Å². The van der Waals surface area contributed by atoms with Gasteiger partial charge < -0.3 is 4.90 Å². The predicted molar refractivity (Wildman–Crippen MR) is 58.5 cm³/mol. The van der Waals surface area contributed by atoms with Gasteiger partial charge in [0.25, 0.3) is 0 Å². The van der Waals surface area contributed by atoms with E-state index in [0.717, 1.165) is 0 Å². The van der Waals surface area contributed by atoms with Gasteiger partial charge in [0.1, 0.15) is 0 Å². The van der Waals surface area contributed by atoms with Crippen molar-refractivity contribution < 1.29 is 25.9 Å². The maximum atomic E-state index is 10.4.